The third-order valence-corrected chi connectivity index (χ3v) is 6.30. The molecular formula is C28H36N2O4. The summed E-state index contributed by atoms with van der Waals surface area (Å²) in [4.78, 5) is 26.6. The molecule has 6 heteroatoms. The van der Waals surface area contributed by atoms with Crippen molar-refractivity contribution in [1.82, 2.24) is 4.90 Å². The van der Waals surface area contributed by atoms with Gasteiger partial charge in [0.2, 0.25) is 5.91 Å². The predicted molar refractivity (Wildman–Crippen MR) is 136 cm³/mol. The van der Waals surface area contributed by atoms with Gasteiger partial charge in [0, 0.05) is 18.7 Å². The summed E-state index contributed by atoms with van der Waals surface area (Å²) in [6, 6.07) is 11.8. The van der Waals surface area contributed by atoms with Gasteiger partial charge in [0.05, 0.1) is 7.11 Å². The number of piperidine rings is 1. The van der Waals surface area contributed by atoms with E-state index in [2.05, 4.69) is 12.1 Å². The van der Waals surface area contributed by atoms with E-state index < -0.39 is 11.5 Å². The van der Waals surface area contributed by atoms with Crippen LogP contribution in [0.25, 0.3) is 16.7 Å². The van der Waals surface area contributed by atoms with Crippen LogP contribution in [0.15, 0.2) is 42.5 Å². The lowest BCUT2D eigenvalue weighted by Gasteiger charge is -2.35. The number of amides is 2. The first-order valence-corrected chi connectivity index (χ1v) is 11.8. The molecule has 34 heavy (non-hydrogen) atoms. The second-order valence-corrected chi connectivity index (χ2v) is 9.77. The van der Waals surface area contributed by atoms with Crippen LogP contribution < -0.4 is 10.5 Å². The second-order valence-electron chi connectivity index (χ2n) is 9.77. The predicted octanol–water partition coefficient (Wildman–Crippen LogP) is 5.82. The molecule has 1 heterocycles. The molecule has 0 unspecified atom stereocenters. The Bertz CT molecular complexity index is 1070. The number of carbonyl (C=O) groups is 2. The van der Waals surface area contributed by atoms with Crippen molar-refractivity contribution >= 4 is 17.6 Å². The van der Waals surface area contributed by atoms with E-state index in [0.717, 1.165) is 40.8 Å². The lowest BCUT2D eigenvalue weighted by atomic mass is 9.81. The Morgan fingerprint density at radius 2 is 1.62 bits per heavy atom. The number of ether oxygens (including phenoxy) is 2. The Morgan fingerprint density at radius 3 is 2.12 bits per heavy atom. The topological polar surface area (TPSA) is 81.9 Å². The summed E-state index contributed by atoms with van der Waals surface area (Å²) in [5.41, 5.74) is 10.8. The van der Waals surface area contributed by atoms with Gasteiger partial charge in [0.25, 0.3) is 0 Å². The van der Waals surface area contributed by atoms with E-state index in [1.165, 1.54) is 5.57 Å². The molecule has 1 saturated heterocycles. The number of primary amides is 1. The van der Waals surface area contributed by atoms with Crippen molar-refractivity contribution < 1.29 is 19.1 Å². The number of benzene rings is 2. The van der Waals surface area contributed by atoms with E-state index in [0.29, 0.717) is 18.7 Å². The zero-order valence-corrected chi connectivity index (χ0v) is 21.1. The quantitative estimate of drug-likeness (QED) is 0.604. The van der Waals surface area contributed by atoms with E-state index in [9.17, 15) is 9.59 Å². The van der Waals surface area contributed by atoms with Gasteiger partial charge in [-0.1, -0.05) is 18.2 Å². The van der Waals surface area contributed by atoms with E-state index in [1.807, 2.05) is 65.0 Å². The minimum Gasteiger partial charge on any atom is -0.497 e. The molecule has 2 aromatic carbocycles. The molecule has 0 aliphatic carbocycles. The summed E-state index contributed by atoms with van der Waals surface area (Å²) >= 11 is 0. The van der Waals surface area contributed by atoms with Crippen LogP contribution in [0.2, 0.25) is 0 Å². The number of nitrogens with zero attached hydrogens (tertiary/aromatic N) is 1. The van der Waals surface area contributed by atoms with Crippen LogP contribution in [0.3, 0.4) is 0 Å². The maximum atomic E-state index is 12.5. The van der Waals surface area contributed by atoms with Gasteiger partial charge in [-0.2, -0.15) is 0 Å². The number of methoxy groups -OCH3 is 1. The normalized spacial score (nSPS) is 15.2. The summed E-state index contributed by atoms with van der Waals surface area (Å²) in [6.07, 6.45) is 3.52. The van der Waals surface area contributed by atoms with Crippen molar-refractivity contribution in [2.45, 2.75) is 53.1 Å². The molecule has 0 atom stereocenters. The molecule has 3 rings (SSSR count). The Morgan fingerprint density at radius 1 is 1.03 bits per heavy atom. The first-order valence-electron chi connectivity index (χ1n) is 11.8. The Labute approximate surface area is 202 Å². The minimum atomic E-state index is -0.507. The number of hydrogen-bond donors (Lipinski definition) is 1. The zero-order valence-electron chi connectivity index (χ0n) is 21.1. The molecule has 0 saturated carbocycles. The summed E-state index contributed by atoms with van der Waals surface area (Å²) < 4.78 is 10.8. The SMILES string of the molecule is C/C=C(\c1cc(-c2ccc(OC)cc2)cc(C(N)=O)c1C)C1CCN(C(=O)OC(C)(C)C)CC1. The molecule has 0 bridgehead atoms. The molecule has 0 aromatic heterocycles. The lowest BCUT2D eigenvalue weighted by Crippen LogP contribution is -2.41. The third kappa shape index (κ3) is 5.79. The Balaban J connectivity index is 1.90. The van der Waals surface area contributed by atoms with E-state index in [-0.39, 0.29) is 12.0 Å². The van der Waals surface area contributed by atoms with Gasteiger partial charge in [-0.25, -0.2) is 4.79 Å². The molecule has 2 N–H and O–H groups in total. The van der Waals surface area contributed by atoms with Gasteiger partial charge >= 0.3 is 6.09 Å². The second kappa shape index (κ2) is 10.3. The maximum Gasteiger partial charge on any atom is 0.410 e. The third-order valence-electron chi connectivity index (χ3n) is 6.30. The van der Waals surface area contributed by atoms with Crippen LogP contribution in [-0.2, 0) is 4.74 Å². The molecule has 2 aromatic rings. The summed E-state index contributed by atoms with van der Waals surface area (Å²) in [7, 11) is 1.64. The van der Waals surface area contributed by atoms with Gasteiger partial charge in [-0.05, 0) is 105 Å². The number of rotatable bonds is 5. The molecule has 1 fully saturated rings. The highest BCUT2D eigenvalue weighted by Gasteiger charge is 2.29. The number of nitrogens with two attached hydrogens (primary N) is 1. The highest BCUT2D eigenvalue weighted by Crippen LogP contribution is 2.37. The van der Waals surface area contributed by atoms with Crippen molar-refractivity contribution in [3.63, 3.8) is 0 Å². The van der Waals surface area contributed by atoms with Gasteiger partial charge in [-0.3, -0.25) is 4.79 Å². The number of allylic oxidation sites excluding steroid dienone is 2. The maximum absolute atomic E-state index is 12.5. The molecule has 0 radical (unpaired) electrons. The van der Waals surface area contributed by atoms with Crippen LogP contribution in [0.4, 0.5) is 4.79 Å². The van der Waals surface area contributed by atoms with Gasteiger partial charge in [0.15, 0.2) is 0 Å². The highest BCUT2D eigenvalue weighted by atomic mass is 16.6. The lowest BCUT2D eigenvalue weighted by molar-refractivity contribution is 0.0199. The highest BCUT2D eigenvalue weighted by molar-refractivity contribution is 5.97. The summed E-state index contributed by atoms with van der Waals surface area (Å²) in [5, 5.41) is 0. The van der Waals surface area contributed by atoms with Crippen LogP contribution >= 0.6 is 0 Å². The fraction of sp³-hybridized carbons (Fsp3) is 0.429. The van der Waals surface area contributed by atoms with Crippen molar-refractivity contribution in [1.29, 1.82) is 0 Å². The van der Waals surface area contributed by atoms with Crippen LogP contribution in [0, 0.1) is 12.8 Å². The van der Waals surface area contributed by atoms with Gasteiger partial charge in [0.1, 0.15) is 11.4 Å². The zero-order chi connectivity index (χ0) is 25.0. The Hall–Kier alpha value is -3.28. The largest absolute Gasteiger partial charge is 0.497 e. The van der Waals surface area contributed by atoms with E-state index in [1.54, 1.807) is 12.0 Å². The monoisotopic (exact) mass is 464 g/mol. The van der Waals surface area contributed by atoms with Gasteiger partial charge < -0.3 is 20.1 Å². The average molecular weight is 465 g/mol. The standard InChI is InChI=1S/C28H36N2O4/c1-7-23(20-12-14-30(15-13-20)27(32)34-28(3,4)5)24-16-21(17-25(18(24)2)26(29)31)19-8-10-22(33-6)11-9-19/h7-11,16-17,20H,12-15H2,1-6H3,(H2,29,31)/b23-7-. The fourth-order valence-corrected chi connectivity index (χ4v) is 4.53. The minimum absolute atomic E-state index is 0.262. The van der Waals surface area contributed by atoms with Crippen molar-refractivity contribution in [2.75, 3.05) is 20.2 Å². The number of hydrogen-bond acceptors (Lipinski definition) is 4. The van der Waals surface area contributed by atoms with Crippen molar-refractivity contribution in [3.05, 3.63) is 59.2 Å². The molecule has 6 nitrogen and oxygen atoms in total. The van der Waals surface area contributed by atoms with Crippen LogP contribution in [-0.4, -0.2) is 42.7 Å². The average Bonchev–Trinajstić information content (AvgIpc) is 2.79. The van der Waals surface area contributed by atoms with Crippen LogP contribution in [0.1, 0.15) is 62.0 Å². The van der Waals surface area contributed by atoms with Crippen LogP contribution in [0.5, 0.6) is 5.75 Å². The Kier molecular flexibility index (Phi) is 7.70. The smallest absolute Gasteiger partial charge is 0.410 e. The van der Waals surface area contributed by atoms with E-state index in [4.69, 9.17) is 15.2 Å². The molecule has 182 valence electrons. The van der Waals surface area contributed by atoms with Crippen molar-refractivity contribution in [2.24, 2.45) is 11.7 Å². The first kappa shape index (κ1) is 25.3. The molecular weight excluding hydrogens is 428 g/mol. The fourth-order valence-electron chi connectivity index (χ4n) is 4.53. The molecule has 0 spiro atoms. The summed E-state index contributed by atoms with van der Waals surface area (Å²) in [6.45, 7) is 10.9. The number of carbonyl (C=O) groups excluding carboxylic acids is 2. The molecule has 1 aliphatic rings. The molecule has 1 aliphatic heterocycles. The van der Waals surface area contributed by atoms with E-state index >= 15 is 0 Å². The van der Waals surface area contributed by atoms with Crippen molar-refractivity contribution in [3.8, 4) is 16.9 Å². The number of likely N-dealkylation sites (tertiary alicyclic amines) is 1. The molecule has 2 amide bonds. The first-order chi connectivity index (χ1) is 16.0. The summed E-state index contributed by atoms with van der Waals surface area (Å²) in [5.74, 6) is 0.607. The van der Waals surface area contributed by atoms with Gasteiger partial charge in [-0.15, -0.1) is 0 Å².